The Kier molecular flexibility index (Phi) is 11.5. The van der Waals surface area contributed by atoms with Crippen LogP contribution in [0.5, 0.6) is 0 Å². The van der Waals surface area contributed by atoms with Crippen molar-refractivity contribution in [2.75, 3.05) is 51.9 Å². The first kappa shape index (κ1) is 27.8. The largest absolute Gasteiger partial charge is 0.463 e. The van der Waals surface area contributed by atoms with E-state index in [9.17, 15) is 14.4 Å². The normalized spacial score (nSPS) is 15.8. The Morgan fingerprint density at radius 1 is 1.24 bits per heavy atom. The number of hydrogen-bond acceptors (Lipinski definition) is 8. The molecule has 0 aromatic heterocycles. The number of thioether (sulfide) groups is 1. The molecule has 0 spiro atoms. The molecule has 1 unspecified atom stereocenters. The number of allylic oxidation sites excluding steroid dienone is 1. The molecule has 1 atom stereocenters. The van der Waals surface area contributed by atoms with Gasteiger partial charge in [-0.2, -0.15) is 11.8 Å². The highest BCUT2D eigenvalue weighted by Gasteiger charge is 2.39. The summed E-state index contributed by atoms with van der Waals surface area (Å²) in [4.78, 5) is 38.8. The number of ether oxygens (including phenoxy) is 2. The predicted molar refractivity (Wildman–Crippen MR) is 135 cm³/mol. The predicted octanol–water partition coefficient (Wildman–Crippen LogP) is 2.70. The number of carbonyl (C=O) groups is 3. The minimum Gasteiger partial charge on any atom is -0.463 e. The number of halogens is 1. The quantitative estimate of drug-likeness (QED) is 0.238. The van der Waals surface area contributed by atoms with Crippen LogP contribution in [-0.2, 0) is 23.9 Å². The van der Waals surface area contributed by atoms with E-state index in [4.69, 9.17) is 21.1 Å². The van der Waals surface area contributed by atoms with Crippen molar-refractivity contribution in [2.45, 2.75) is 19.8 Å². The molecule has 1 aliphatic heterocycles. The molecule has 186 valence electrons. The zero-order valence-corrected chi connectivity index (χ0v) is 21.6. The van der Waals surface area contributed by atoms with E-state index < -0.39 is 17.9 Å². The van der Waals surface area contributed by atoms with E-state index in [1.54, 1.807) is 43.8 Å². The van der Waals surface area contributed by atoms with Gasteiger partial charge >= 0.3 is 11.9 Å². The van der Waals surface area contributed by atoms with Gasteiger partial charge in [0.05, 0.1) is 23.7 Å². The zero-order valence-electron chi connectivity index (χ0n) is 20.0. The fraction of sp³-hybridized carbons (Fsp3) is 0.458. The highest BCUT2D eigenvalue weighted by atomic mass is 35.5. The summed E-state index contributed by atoms with van der Waals surface area (Å²) in [6, 6.07) is 7.10. The van der Waals surface area contributed by atoms with Crippen molar-refractivity contribution in [3.05, 3.63) is 57.4 Å². The maximum Gasteiger partial charge on any atom is 0.336 e. The summed E-state index contributed by atoms with van der Waals surface area (Å²) >= 11 is 7.83. The molecular weight excluding hydrogens is 478 g/mol. The van der Waals surface area contributed by atoms with E-state index in [2.05, 4.69) is 10.6 Å². The molecule has 0 radical (unpaired) electrons. The highest BCUT2D eigenvalue weighted by molar-refractivity contribution is 7.99. The molecule has 2 N–H and O–H groups in total. The van der Waals surface area contributed by atoms with Crippen LogP contribution in [0.4, 0.5) is 0 Å². The molecule has 0 bridgehead atoms. The topological polar surface area (TPSA) is 97.0 Å². The van der Waals surface area contributed by atoms with Gasteiger partial charge in [-0.3, -0.25) is 4.79 Å². The molecule has 2 rings (SSSR count). The van der Waals surface area contributed by atoms with Gasteiger partial charge in [0.1, 0.15) is 6.61 Å². The average Bonchev–Trinajstić information content (AvgIpc) is 2.78. The summed E-state index contributed by atoms with van der Waals surface area (Å²) in [6.45, 7) is 5.02. The molecule has 1 heterocycles. The summed E-state index contributed by atoms with van der Waals surface area (Å²) in [5.74, 6) is -0.585. The lowest BCUT2D eigenvalue weighted by molar-refractivity contribution is -0.140. The van der Waals surface area contributed by atoms with E-state index in [1.165, 1.54) is 0 Å². The van der Waals surface area contributed by atoms with Crippen molar-refractivity contribution in [1.29, 1.82) is 0 Å². The molecule has 0 aliphatic carbocycles. The van der Waals surface area contributed by atoms with Crippen LogP contribution in [0.25, 0.3) is 0 Å². The SMILES string of the molecule is CCOC(=O)C1=C(CSCCNC=O)NC(C)=C(C(=O)OCCN(C)C)C1c1cccc(Cl)c1. The Bertz CT molecular complexity index is 948. The Labute approximate surface area is 210 Å². The Morgan fingerprint density at radius 3 is 2.62 bits per heavy atom. The van der Waals surface area contributed by atoms with Gasteiger partial charge in [-0.15, -0.1) is 0 Å². The van der Waals surface area contributed by atoms with Crippen LogP contribution >= 0.6 is 23.4 Å². The molecule has 8 nitrogen and oxygen atoms in total. The van der Waals surface area contributed by atoms with Gasteiger partial charge in [-0.05, 0) is 45.6 Å². The summed E-state index contributed by atoms with van der Waals surface area (Å²) in [6.07, 6.45) is 0.652. The van der Waals surface area contributed by atoms with Crippen molar-refractivity contribution in [2.24, 2.45) is 0 Å². The number of nitrogens with zero attached hydrogens (tertiary/aromatic N) is 1. The summed E-state index contributed by atoms with van der Waals surface area (Å²) in [7, 11) is 3.79. The minimum atomic E-state index is -0.699. The van der Waals surface area contributed by atoms with Crippen LogP contribution in [0.15, 0.2) is 46.8 Å². The molecule has 0 saturated heterocycles. The monoisotopic (exact) mass is 509 g/mol. The van der Waals surface area contributed by atoms with Crippen molar-refractivity contribution in [3.8, 4) is 0 Å². The number of benzene rings is 1. The Morgan fingerprint density at radius 2 is 1.97 bits per heavy atom. The third-order valence-corrected chi connectivity index (χ3v) is 6.25. The molecule has 1 aromatic rings. The number of carbonyl (C=O) groups excluding carboxylic acids is 3. The van der Waals surface area contributed by atoms with E-state index in [-0.39, 0.29) is 13.2 Å². The maximum atomic E-state index is 13.2. The fourth-order valence-corrected chi connectivity index (χ4v) is 4.55. The first-order valence-corrected chi connectivity index (χ1v) is 12.5. The average molecular weight is 510 g/mol. The van der Waals surface area contributed by atoms with E-state index in [1.807, 2.05) is 25.1 Å². The summed E-state index contributed by atoms with van der Waals surface area (Å²) in [5, 5.41) is 6.36. The second-order valence-electron chi connectivity index (χ2n) is 7.83. The second-order valence-corrected chi connectivity index (χ2v) is 9.37. The number of hydrogen-bond donors (Lipinski definition) is 2. The first-order valence-electron chi connectivity index (χ1n) is 11.0. The van der Waals surface area contributed by atoms with Crippen LogP contribution in [0, 0.1) is 0 Å². The maximum absolute atomic E-state index is 13.2. The van der Waals surface area contributed by atoms with Crippen molar-refractivity contribution in [1.82, 2.24) is 15.5 Å². The van der Waals surface area contributed by atoms with Crippen molar-refractivity contribution < 1.29 is 23.9 Å². The fourth-order valence-electron chi connectivity index (χ4n) is 3.51. The molecular formula is C24H32ClN3O5S. The molecule has 0 saturated carbocycles. The highest BCUT2D eigenvalue weighted by Crippen LogP contribution is 2.40. The second kappa shape index (κ2) is 14.0. The standard InChI is InChI=1S/C24H32ClN3O5S/c1-5-32-24(31)22-19(14-34-12-9-26-15-29)27-16(2)20(23(30)33-11-10-28(3)4)21(22)17-7-6-8-18(25)13-17/h6-8,13,15,21,27H,5,9-12,14H2,1-4H3,(H,26,29). The van der Waals surface area contributed by atoms with Gasteiger partial charge in [0.25, 0.3) is 0 Å². The number of esters is 2. The number of likely N-dealkylation sites (N-methyl/N-ethyl adjacent to an activating group) is 1. The lowest BCUT2D eigenvalue weighted by atomic mass is 9.80. The summed E-state index contributed by atoms with van der Waals surface area (Å²) in [5.41, 5.74) is 2.66. The van der Waals surface area contributed by atoms with E-state index in [0.29, 0.717) is 64.1 Å². The van der Waals surface area contributed by atoms with E-state index >= 15 is 0 Å². The van der Waals surface area contributed by atoms with Crippen molar-refractivity contribution >= 4 is 41.7 Å². The van der Waals surface area contributed by atoms with Gasteiger partial charge in [-0.1, -0.05) is 23.7 Å². The zero-order chi connectivity index (χ0) is 25.1. The van der Waals surface area contributed by atoms with Crippen LogP contribution in [0.3, 0.4) is 0 Å². The lowest BCUT2D eigenvalue weighted by Crippen LogP contribution is -2.34. The molecule has 10 heteroatoms. The van der Waals surface area contributed by atoms with Crippen LogP contribution in [-0.4, -0.2) is 75.2 Å². The van der Waals surface area contributed by atoms with E-state index in [0.717, 1.165) is 0 Å². The number of dihydropyridines is 1. The minimum absolute atomic E-state index is 0.194. The van der Waals surface area contributed by atoms with Gasteiger partial charge in [0.15, 0.2) is 0 Å². The van der Waals surface area contributed by atoms with Crippen LogP contribution in [0.2, 0.25) is 5.02 Å². The number of rotatable bonds is 13. The third-order valence-electron chi connectivity index (χ3n) is 5.03. The molecule has 1 aliphatic rings. The number of nitrogens with one attached hydrogen (secondary N) is 2. The summed E-state index contributed by atoms with van der Waals surface area (Å²) < 4.78 is 11.0. The van der Waals surface area contributed by atoms with Crippen LogP contribution in [0.1, 0.15) is 25.3 Å². The van der Waals surface area contributed by atoms with Gasteiger partial charge in [0.2, 0.25) is 6.41 Å². The Balaban J connectivity index is 2.50. The van der Waals surface area contributed by atoms with Gasteiger partial charge in [0, 0.05) is 41.0 Å². The van der Waals surface area contributed by atoms with Crippen LogP contribution < -0.4 is 10.6 Å². The molecule has 0 fully saturated rings. The van der Waals surface area contributed by atoms with Crippen molar-refractivity contribution in [3.63, 3.8) is 0 Å². The number of amides is 1. The van der Waals surface area contributed by atoms with Gasteiger partial charge in [-0.25, -0.2) is 9.59 Å². The third kappa shape index (κ3) is 7.78. The Hall–Kier alpha value is -2.49. The molecule has 1 amide bonds. The first-order chi connectivity index (χ1) is 16.3. The molecule has 1 aromatic carbocycles. The smallest absolute Gasteiger partial charge is 0.336 e. The van der Waals surface area contributed by atoms with Gasteiger partial charge < -0.3 is 25.0 Å². The lowest BCUT2D eigenvalue weighted by Gasteiger charge is -2.31. The molecule has 34 heavy (non-hydrogen) atoms.